The SMILES string of the molecule is Cc1c2c(=O)n(C)[nH]c2cc(=O)n1-c1ccc(F)c(F)c1. The molecular formula is C14H11F2N3O2. The summed E-state index contributed by atoms with van der Waals surface area (Å²) in [4.78, 5) is 24.2. The Morgan fingerprint density at radius 1 is 1.10 bits per heavy atom. The number of aromatic amines is 1. The summed E-state index contributed by atoms with van der Waals surface area (Å²) in [5.74, 6) is -2.05. The molecule has 0 atom stereocenters. The van der Waals surface area contributed by atoms with E-state index in [9.17, 15) is 18.4 Å². The first kappa shape index (κ1) is 13.3. The Balaban J connectivity index is 2.42. The van der Waals surface area contributed by atoms with E-state index in [1.165, 1.54) is 28.4 Å². The maximum absolute atomic E-state index is 13.4. The standard InChI is InChI=1S/C14H11F2N3O2/c1-7-13-11(17-18(2)14(13)21)6-12(20)19(7)8-3-4-9(15)10(16)5-8/h3-6,17H,1-2H3. The molecule has 21 heavy (non-hydrogen) atoms. The highest BCUT2D eigenvalue weighted by Crippen LogP contribution is 2.17. The number of nitrogens with zero attached hydrogens (tertiary/aromatic N) is 2. The second-order valence-corrected chi connectivity index (χ2v) is 4.77. The van der Waals surface area contributed by atoms with Crippen molar-refractivity contribution in [3.63, 3.8) is 0 Å². The number of nitrogens with one attached hydrogen (secondary N) is 1. The van der Waals surface area contributed by atoms with Gasteiger partial charge in [0.05, 0.1) is 16.6 Å². The summed E-state index contributed by atoms with van der Waals surface area (Å²) in [6, 6.07) is 4.41. The van der Waals surface area contributed by atoms with Gasteiger partial charge < -0.3 is 0 Å². The second kappa shape index (κ2) is 4.41. The smallest absolute Gasteiger partial charge is 0.275 e. The number of aromatic nitrogens is 3. The van der Waals surface area contributed by atoms with Crippen LogP contribution < -0.4 is 11.1 Å². The molecule has 0 aliphatic carbocycles. The molecule has 5 nitrogen and oxygen atoms in total. The predicted molar refractivity (Wildman–Crippen MR) is 73.8 cm³/mol. The fourth-order valence-electron chi connectivity index (χ4n) is 2.43. The summed E-state index contributed by atoms with van der Waals surface area (Å²) < 4.78 is 28.8. The Hall–Kier alpha value is -2.70. The minimum Gasteiger partial charge on any atom is -0.295 e. The molecule has 3 rings (SSSR count). The molecule has 0 saturated heterocycles. The van der Waals surface area contributed by atoms with Crippen molar-refractivity contribution in [1.29, 1.82) is 0 Å². The van der Waals surface area contributed by atoms with Gasteiger partial charge in [-0.3, -0.25) is 23.9 Å². The van der Waals surface area contributed by atoms with Crippen LogP contribution in [0.1, 0.15) is 5.69 Å². The molecule has 0 amide bonds. The Bertz CT molecular complexity index is 982. The lowest BCUT2D eigenvalue weighted by molar-refractivity contribution is 0.508. The van der Waals surface area contributed by atoms with Gasteiger partial charge in [0, 0.05) is 24.9 Å². The molecule has 0 fully saturated rings. The summed E-state index contributed by atoms with van der Waals surface area (Å²) in [6.07, 6.45) is 0. The highest BCUT2D eigenvalue weighted by atomic mass is 19.2. The Kier molecular flexibility index (Phi) is 2.79. The zero-order chi connectivity index (χ0) is 15.3. The normalized spacial score (nSPS) is 11.2. The van der Waals surface area contributed by atoms with Gasteiger partial charge in [-0.15, -0.1) is 0 Å². The van der Waals surface area contributed by atoms with Crippen LogP contribution in [0.2, 0.25) is 0 Å². The van der Waals surface area contributed by atoms with Crippen LogP contribution in [-0.4, -0.2) is 14.3 Å². The van der Waals surface area contributed by atoms with Gasteiger partial charge in [-0.25, -0.2) is 8.78 Å². The van der Waals surface area contributed by atoms with Crippen molar-refractivity contribution in [1.82, 2.24) is 14.3 Å². The first-order valence-corrected chi connectivity index (χ1v) is 6.17. The molecule has 0 aliphatic heterocycles. The summed E-state index contributed by atoms with van der Waals surface area (Å²) >= 11 is 0. The third kappa shape index (κ3) is 1.89. The van der Waals surface area contributed by atoms with Crippen molar-refractivity contribution in [3.8, 4) is 5.69 Å². The van der Waals surface area contributed by atoms with Gasteiger partial charge in [-0.1, -0.05) is 0 Å². The largest absolute Gasteiger partial charge is 0.295 e. The number of hydrogen-bond donors (Lipinski definition) is 1. The molecule has 0 aliphatic rings. The van der Waals surface area contributed by atoms with Crippen LogP contribution in [0.4, 0.5) is 8.78 Å². The van der Waals surface area contributed by atoms with Gasteiger partial charge in [0.2, 0.25) is 0 Å². The minimum atomic E-state index is -1.05. The van der Waals surface area contributed by atoms with Crippen molar-refractivity contribution in [2.75, 3.05) is 0 Å². The first-order chi connectivity index (χ1) is 9.90. The number of hydrogen-bond acceptors (Lipinski definition) is 2. The van der Waals surface area contributed by atoms with Crippen LogP contribution in [0.25, 0.3) is 16.6 Å². The summed E-state index contributed by atoms with van der Waals surface area (Å²) in [6.45, 7) is 1.58. The van der Waals surface area contributed by atoms with E-state index in [2.05, 4.69) is 5.10 Å². The minimum absolute atomic E-state index is 0.168. The van der Waals surface area contributed by atoms with Crippen LogP contribution in [0.3, 0.4) is 0 Å². The van der Waals surface area contributed by atoms with Crippen molar-refractivity contribution in [3.05, 3.63) is 62.3 Å². The van der Waals surface area contributed by atoms with E-state index in [4.69, 9.17) is 0 Å². The maximum Gasteiger partial charge on any atom is 0.275 e. The molecular weight excluding hydrogens is 280 g/mol. The molecule has 1 N–H and O–H groups in total. The van der Waals surface area contributed by atoms with E-state index >= 15 is 0 Å². The Labute approximate surface area is 117 Å². The Morgan fingerprint density at radius 3 is 2.48 bits per heavy atom. The molecule has 0 saturated carbocycles. The average Bonchev–Trinajstić information content (AvgIpc) is 2.69. The molecule has 0 radical (unpaired) electrons. The molecule has 0 spiro atoms. The first-order valence-electron chi connectivity index (χ1n) is 6.17. The maximum atomic E-state index is 13.4. The number of pyridine rings is 1. The Morgan fingerprint density at radius 2 is 1.81 bits per heavy atom. The van der Waals surface area contributed by atoms with E-state index in [-0.39, 0.29) is 11.2 Å². The summed E-state index contributed by atoms with van der Waals surface area (Å²) in [5, 5.41) is 3.10. The quantitative estimate of drug-likeness (QED) is 0.740. The summed E-state index contributed by atoms with van der Waals surface area (Å²) in [5.41, 5.74) is 0.211. The fraction of sp³-hybridized carbons (Fsp3) is 0.143. The van der Waals surface area contributed by atoms with Crippen LogP contribution in [0.15, 0.2) is 33.9 Å². The summed E-state index contributed by atoms with van der Waals surface area (Å²) in [7, 11) is 1.54. The lowest BCUT2D eigenvalue weighted by Gasteiger charge is -2.10. The molecule has 0 unspecified atom stereocenters. The van der Waals surface area contributed by atoms with Gasteiger partial charge in [-0.2, -0.15) is 0 Å². The van der Waals surface area contributed by atoms with E-state index in [1.54, 1.807) is 6.92 Å². The second-order valence-electron chi connectivity index (χ2n) is 4.77. The van der Waals surface area contributed by atoms with Crippen LogP contribution >= 0.6 is 0 Å². The monoisotopic (exact) mass is 291 g/mol. The molecule has 3 aromatic rings. The van der Waals surface area contributed by atoms with Crippen LogP contribution in [-0.2, 0) is 7.05 Å². The number of benzene rings is 1. The van der Waals surface area contributed by atoms with Gasteiger partial charge in [0.25, 0.3) is 11.1 Å². The van der Waals surface area contributed by atoms with Crippen molar-refractivity contribution >= 4 is 10.9 Å². The molecule has 2 aromatic heterocycles. The third-order valence-corrected chi connectivity index (χ3v) is 3.42. The van der Waals surface area contributed by atoms with Crippen molar-refractivity contribution in [2.45, 2.75) is 6.92 Å². The van der Waals surface area contributed by atoms with Gasteiger partial charge in [0.1, 0.15) is 0 Å². The average molecular weight is 291 g/mol. The van der Waals surface area contributed by atoms with Crippen LogP contribution in [0.5, 0.6) is 0 Å². The highest BCUT2D eigenvalue weighted by Gasteiger charge is 2.15. The number of aryl methyl sites for hydroxylation is 2. The van der Waals surface area contributed by atoms with Crippen LogP contribution in [0, 0.1) is 18.6 Å². The number of fused-ring (bicyclic) bond motifs is 1. The van der Waals surface area contributed by atoms with Gasteiger partial charge in [0.15, 0.2) is 11.6 Å². The molecule has 2 heterocycles. The van der Waals surface area contributed by atoms with Crippen molar-refractivity contribution < 1.29 is 8.78 Å². The lowest BCUT2D eigenvalue weighted by Crippen LogP contribution is -2.21. The number of rotatable bonds is 1. The molecule has 0 bridgehead atoms. The van der Waals surface area contributed by atoms with E-state index in [0.717, 1.165) is 12.1 Å². The zero-order valence-corrected chi connectivity index (χ0v) is 11.3. The predicted octanol–water partition coefficient (Wildman–Crippen LogP) is 1.60. The van der Waals surface area contributed by atoms with E-state index < -0.39 is 17.2 Å². The van der Waals surface area contributed by atoms with Gasteiger partial charge >= 0.3 is 0 Å². The number of H-pyrrole nitrogens is 1. The topological polar surface area (TPSA) is 59.8 Å². The lowest BCUT2D eigenvalue weighted by atomic mass is 10.2. The van der Waals surface area contributed by atoms with Gasteiger partial charge in [-0.05, 0) is 19.1 Å². The molecule has 7 heteroatoms. The fourth-order valence-corrected chi connectivity index (χ4v) is 2.43. The molecule has 1 aromatic carbocycles. The van der Waals surface area contributed by atoms with Crippen molar-refractivity contribution in [2.24, 2.45) is 7.05 Å². The molecule has 108 valence electrons. The van der Waals surface area contributed by atoms with E-state index in [0.29, 0.717) is 16.6 Å². The highest BCUT2D eigenvalue weighted by molar-refractivity contribution is 5.80. The zero-order valence-electron chi connectivity index (χ0n) is 11.3. The number of halogens is 2. The van der Waals surface area contributed by atoms with E-state index in [1.807, 2.05) is 0 Å². The third-order valence-electron chi connectivity index (χ3n) is 3.42.